The summed E-state index contributed by atoms with van der Waals surface area (Å²) in [6, 6.07) is 6.85. The Kier molecular flexibility index (Phi) is 2.30. The van der Waals surface area contributed by atoms with Crippen LogP contribution in [0.15, 0.2) is 24.3 Å². The second-order valence-electron chi connectivity index (χ2n) is 3.04. The third-order valence-corrected chi connectivity index (χ3v) is 2.29. The van der Waals surface area contributed by atoms with Gasteiger partial charge in [-0.3, -0.25) is 4.98 Å². The summed E-state index contributed by atoms with van der Waals surface area (Å²) in [5, 5.41) is 11.0. The fourth-order valence-electron chi connectivity index (χ4n) is 1.36. The van der Waals surface area contributed by atoms with Gasteiger partial charge in [-0.15, -0.1) is 0 Å². The van der Waals surface area contributed by atoms with E-state index in [0.29, 0.717) is 22.3 Å². The summed E-state index contributed by atoms with van der Waals surface area (Å²) in [5.41, 5.74) is 1.47. The average Bonchev–Trinajstić information content (AvgIpc) is 2.16. The van der Waals surface area contributed by atoms with Crippen LogP contribution in [0.5, 0.6) is 5.75 Å². The van der Waals surface area contributed by atoms with Gasteiger partial charge >= 0.3 is 0 Å². The van der Waals surface area contributed by atoms with Crippen LogP contribution < -0.4 is 0 Å². The Hall–Kier alpha value is -1.28. The highest BCUT2D eigenvalue weighted by Crippen LogP contribution is 2.26. The molecule has 3 heteroatoms. The van der Waals surface area contributed by atoms with Crippen LogP contribution in [-0.4, -0.2) is 10.1 Å². The van der Waals surface area contributed by atoms with Gasteiger partial charge in [0.05, 0.1) is 5.52 Å². The first-order chi connectivity index (χ1) is 6.70. The molecule has 0 spiro atoms. The Morgan fingerprint density at radius 3 is 2.86 bits per heavy atom. The second-order valence-corrected chi connectivity index (χ2v) is 3.48. The zero-order valence-electron chi connectivity index (χ0n) is 7.50. The maximum atomic E-state index is 9.66. The van der Waals surface area contributed by atoms with Crippen molar-refractivity contribution in [2.75, 3.05) is 0 Å². The average molecular weight is 207 g/mol. The van der Waals surface area contributed by atoms with E-state index in [9.17, 15) is 5.11 Å². The summed E-state index contributed by atoms with van der Waals surface area (Å²) < 4.78 is 0. The molecule has 1 radical (unpaired) electrons. The minimum Gasteiger partial charge on any atom is -0.507 e. The normalized spacial score (nSPS) is 10.7. The van der Waals surface area contributed by atoms with E-state index < -0.39 is 0 Å². The lowest BCUT2D eigenvalue weighted by Crippen LogP contribution is -1.88. The quantitative estimate of drug-likeness (QED) is 0.778. The summed E-state index contributed by atoms with van der Waals surface area (Å²) >= 11 is 5.83. The number of aromatic nitrogens is 1. The standard InChI is InChI=1S/C11H9ClNO/c1-2-8-6-11(14)9-4-3-7(12)5-10(9)13-8/h3-6H,1-2H2,(H,13,14). The minimum absolute atomic E-state index is 0.227. The highest BCUT2D eigenvalue weighted by molar-refractivity contribution is 6.31. The molecule has 2 nitrogen and oxygen atoms in total. The van der Waals surface area contributed by atoms with Crippen molar-refractivity contribution in [3.8, 4) is 5.75 Å². The van der Waals surface area contributed by atoms with E-state index in [0.717, 1.165) is 5.69 Å². The molecular weight excluding hydrogens is 198 g/mol. The van der Waals surface area contributed by atoms with Crippen molar-refractivity contribution in [3.05, 3.63) is 41.9 Å². The fraction of sp³-hybridized carbons (Fsp3) is 0.0909. The molecule has 0 aliphatic heterocycles. The molecule has 0 unspecified atom stereocenters. The van der Waals surface area contributed by atoms with Crippen molar-refractivity contribution in [1.29, 1.82) is 0 Å². The van der Waals surface area contributed by atoms with E-state index >= 15 is 0 Å². The zero-order valence-corrected chi connectivity index (χ0v) is 8.25. The molecule has 2 aromatic rings. The lowest BCUT2D eigenvalue weighted by Gasteiger charge is -2.03. The van der Waals surface area contributed by atoms with Crippen LogP contribution in [0.1, 0.15) is 5.69 Å². The number of fused-ring (bicyclic) bond motifs is 1. The third-order valence-electron chi connectivity index (χ3n) is 2.06. The number of hydrogen-bond acceptors (Lipinski definition) is 2. The summed E-state index contributed by atoms with van der Waals surface area (Å²) in [6.07, 6.45) is 0.552. The van der Waals surface area contributed by atoms with E-state index in [2.05, 4.69) is 11.9 Å². The number of benzene rings is 1. The number of nitrogens with zero attached hydrogens (tertiary/aromatic N) is 1. The van der Waals surface area contributed by atoms with Gasteiger partial charge in [-0.1, -0.05) is 11.6 Å². The molecule has 0 fully saturated rings. The summed E-state index contributed by atoms with van der Waals surface area (Å²) in [4.78, 5) is 4.31. The van der Waals surface area contributed by atoms with Crippen molar-refractivity contribution in [2.45, 2.75) is 6.42 Å². The van der Waals surface area contributed by atoms with Crippen LogP contribution in [0, 0.1) is 6.92 Å². The topological polar surface area (TPSA) is 33.1 Å². The fourth-order valence-corrected chi connectivity index (χ4v) is 1.53. The number of pyridine rings is 1. The molecule has 0 saturated carbocycles. The number of rotatable bonds is 1. The molecule has 14 heavy (non-hydrogen) atoms. The molecule has 2 rings (SSSR count). The summed E-state index contributed by atoms with van der Waals surface area (Å²) in [6.45, 7) is 3.72. The Labute approximate surface area is 87.2 Å². The number of hydrogen-bond donors (Lipinski definition) is 1. The van der Waals surface area contributed by atoms with Crippen molar-refractivity contribution in [1.82, 2.24) is 4.98 Å². The molecule has 0 aliphatic rings. The first-order valence-corrected chi connectivity index (χ1v) is 4.66. The summed E-state index contributed by atoms with van der Waals surface area (Å²) in [5.74, 6) is 0.227. The van der Waals surface area contributed by atoms with Gasteiger partial charge < -0.3 is 5.11 Å². The molecule has 71 valence electrons. The number of halogens is 1. The summed E-state index contributed by atoms with van der Waals surface area (Å²) in [7, 11) is 0. The zero-order chi connectivity index (χ0) is 10.1. The molecule has 1 N–H and O–H groups in total. The molecule has 1 aromatic heterocycles. The van der Waals surface area contributed by atoms with E-state index in [-0.39, 0.29) is 5.75 Å². The van der Waals surface area contributed by atoms with Gasteiger partial charge in [0.1, 0.15) is 5.75 Å². The maximum Gasteiger partial charge on any atom is 0.126 e. The van der Waals surface area contributed by atoms with Gasteiger partial charge in [0.25, 0.3) is 0 Å². The van der Waals surface area contributed by atoms with Crippen LogP contribution in [0.2, 0.25) is 5.02 Å². The Morgan fingerprint density at radius 1 is 1.36 bits per heavy atom. The lowest BCUT2D eigenvalue weighted by molar-refractivity contribution is 0.480. The van der Waals surface area contributed by atoms with Crippen molar-refractivity contribution < 1.29 is 5.11 Å². The number of aromatic hydroxyl groups is 1. The van der Waals surface area contributed by atoms with Crippen molar-refractivity contribution in [2.24, 2.45) is 0 Å². The Bertz CT molecular complexity index is 482. The van der Waals surface area contributed by atoms with Crippen molar-refractivity contribution in [3.63, 3.8) is 0 Å². The lowest BCUT2D eigenvalue weighted by atomic mass is 10.1. The molecule has 0 bridgehead atoms. The van der Waals surface area contributed by atoms with Gasteiger partial charge in [-0.05, 0) is 31.5 Å². The molecule has 0 saturated heterocycles. The molecular formula is C11H9ClNO. The Balaban J connectivity index is 2.77. The van der Waals surface area contributed by atoms with E-state index in [1.54, 1.807) is 24.3 Å². The minimum atomic E-state index is 0.227. The van der Waals surface area contributed by atoms with Gasteiger partial charge in [0, 0.05) is 22.2 Å². The van der Waals surface area contributed by atoms with Crippen molar-refractivity contribution >= 4 is 22.5 Å². The van der Waals surface area contributed by atoms with E-state index in [4.69, 9.17) is 11.6 Å². The largest absolute Gasteiger partial charge is 0.507 e. The molecule has 0 amide bonds. The van der Waals surface area contributed by atoms with Gasteiger partial charge in [-0.25, -0.2) is 0 Å². The smallest absolute Gasteiger partial charge is 0.126 e. The first-order valence-electron chi connectivity index (χ1n) is 4.28. The van der Waals surface area contributed by atoms with Gasteiger partial charge in [-0.2, -0.15) is 0 Å². The van der Waals surface area contributed by atoms with Gasteiger partial charge in [0.2, 0.25) is 0 Å². The second kappa shape index (κ2) is 3.46. The van der Waals surface area contributed by atoms with E-state index in [1.165, 1.54) is 0 Å². The Morgan fingerprint density at radius 2 is 2.14 bits per heavy atom. The van der Waals surface area contributed by atoms with E-state index in [1.807, 2.05) is 0 Å². The van der Waals surface area contributed by atoms with Crippen LogP contribution >= 0.6 is 11.6 Å². The predicted molar refractivity (Wildman–Crippen MR) is 57.5 cm³/mol. The first kappa shape index (κ1) is 9.28. The maximum absolute atomic E-state index is 9.66. The monoisotopic (exact) mass is 206 g/mol. The molecule has 0 aliphatic carbocycles. The van der Waals surface area contributed by atoms with Crippen LogP contribution in [0.3, 0.4) is 0 Å². The predicted octanol–water partition coefficient (Wildman–Crippen LogP) is 2.97. The highest BCUT2D eigenvalue weighted by atomic mass is 35.5. The van der Waals surface area contributed by atoms with Crippen LogP contribution in [0.25, 0.3) is 10.9 Å². The van der Waals surface area contributed by atoms with Gasteiger partial charge in [0.15, 0.2) is 0 Å². The molecule has 1 aromatic carbocycles. The molecule has 1 heterocycles. The van der Waals surface area contributed by atoms with Crippen LogP contribution in [-0.2, 0) is 6.42 Å². The third kappa shape index (κ3) is 1.53. The molecule has 0 atom stereocenters. The highest BCUT2D eigenvalue weighted by Gasteiger charge is 2.03. The SMILES string of the molecule is [CH2]Cc1cc(O)c2ccc(Cl)cc2n1. The van der Waals surface area contributed by atoms with Crippen LogP contribution in [0.4, 0.5) is 0 Å².